The van der Waals surface area contributed by atoms with E-state index in [9.17, 15) is 4.79 Å². The Morgan fingerprint density at radius 3 is 2.74 bits per heavy atom. The number of hydrogen-bond acceptors (Lipinski definition) is 3. The van der Waals surface area contributed by atoms with E-state index < -0.39 is 5.54 Å². The van der Waals surface area contributed by atoms with Gasteiger partial charge < -0.3 is 16.3 Å². The van der Waals surface area contributed by atoms with Crippen molar-refractivity contribution in [2.75, 3.05) is 0 Å². The van der Waals surface area contributed by atoms with Gasteiger partial charge in [-0.2, -0.15) is 0 Å². The number of carbonyl (C=O) groups excluding carboxylic acids is 1. The smallest absolute Gasteiger partial charge is 0.253 e. The number of hydrogen-bond donors (Lipinski definition) is 3. The summed E-state index contributed by atoms with van der Waals surface area (Å²) in [5.74, 6) is -0.293. The molecule has 1 aromatic rings. The number of nitrogens with two attached hydrogens (primary N) is 1. The van der Waals surface area contributed by atoms with Gasteiger partial charge in [-0.25, -0.2) is 0 Å². The molecule has 0 fully saturated rings. The molecular formula is C13H18BrN3O2. The Balaban J connectivity index is 3.05. The molecule has 0 spiro atoms. The van der Waals surface area contributed by atoms with Crippen LogP contribution in [0.2, 0.25) is 0 Å². The number of amidine groups is 1. The number of amides is 1. The number of nitrogens with one attached hydrogen (secondary N) is 1. The van der Waals surface area contributed by atoms with Crippen LogP contribution in [0, 0.1) is 6.92 Å². The normalized spacial score (nSPS) is 14.8. The summed E-state index contributed by atoms with van der Waals surface area (Å²) in [5.41, 5.74) is 6.24. The van der Waals surface area contributed by atoms with Gasteiger partial charge in [0.2, 0.25) is 0 Å². The highest BCUT2D eigenvalue weighted by molar-refractivity contribution is 9.10. The SMILES string of the molecule is CCC(C)(NC(=O)c1cccc(C)c1Br)/C(N)=N/O. The Morgan fingerprint density at radius 1 is 1.58 bits per heavy atom. The molecule has 0 saturated carbocycles. The number of oxime groups is 1. The molecule has 1 rings (SSSR count). The molecule has 0 aliphatic carbocycles. The average Bonchev–Trinajstić information content (AvgIpc) is 2.40. The molecule has 4 N–H and O–H groups in total. The van der Waals surface area contributed by atoms with Crippen molar-refractivity contribution in [3.8, 4) is 0 Å². The monoisotopic (exact) mass is 327 g/mol. The van der Waals surface area contributed by atoms with Crippen LogP contribution in [0.4, 0.5) is 0 Å². The minimum atomic E-state index is -0.880. The first kappa shape index (κ1) is 15.5. The van der Waals surface area contributed by atoms with E-state index in [4.69, 9.17) is 10.9 Å². The fourth-order valence-corrected chi connectivity index (χ4v) is 2.03. The summed E-state index contributed by atoms with van der Waals surface area (Å²) in [6.07, 6.45) is 0.512. The summed E-state index contributed by atoms with van der Waals surface area (Å²) in [6, 6.07) is 5.43. The van der Waals surface area contributed by atoms with Gasteiger partial charge in [0.15, 0.2) is 5.84 Å². The second-order valence-corrected chi connectivity index (χ2v) is 5.35. The molecule has 0 bridgehead atoms. The van der Waals surface area contributed by atoms with Crippen molar-refractivity contribution in [1.29, 1.82) is 0 Å². The van der Waals surface area contributed by atoms with Crippen molar-refractivity contribution in [1.82, 2.24) is 5.32 Å². The summed E-state index contributed by atoms with van der Waals surface area (Å²) in [5, 5.41) is 14.6. The molecule has 0 heterocycles. The van der Waals surface area contributed by atoms with Gasteiger partial charge in [-0.15, -0.1) is 0 Å². The van der Waals surface area contributed by atoms with Crippen LogP contribution in [0.1, 0.15) is 36.2 Å². The van der Waals surface area contributed by atoms with Crippen LogP contribution in [-0.2, 0) is 0 Å². The third kappa shape index (κ3) is 3.26. The lowest BCUT2D eigenvalue weighted by Gasteiger charge is -2.28. The molecule has 1 aromatic carbocycles. The van der Waals surface area contributed by atoms with Crippen molar-refractivity contribution < 1.29 is 10.0 Å². The van der Waals surface area contributed by atoms with E-state index in [0.29, 0.717) is 12.0 Å². The number of halogens is 1. The number of rotatable bonds is 4. The summed E-state index contributed by atoms with van der Waals surface area (Å²) < 4.78 is 0.741. The zero-order chi connectivity index (χ0) is 14.6. The van der Waals surface area contributed by atoms with Crippen molar-refractivity contribution in [3.63, 3.8) is 0 Å². The van der Waals surface area contributed by atoms with Gasteiger partial charge in [-0.3, -0.25) is 4.79 Å². The summed E-state index contributed by atoms with van der Waals surface area (Å²) in [6.45, 7) is 5.47. The quantitative estimate of drug-likeness (QED) is 0.343. The lowest BCUT2D eigenvalue weighted by atomic mass is 9.96. The number of benzene rings is 1. The summed E-state index contributed by atoms with van der Waals surface area (Å²) >= 11 is 3.39. The molecule has 6 heteroatoms. The maximum absolute atomic E-state index is 12.3. The Morgan fingerprint density at radius 2 is 2.21 bits per heavy atom. The first-order valence-corrected chi connectivity index (χ1v) is 6.70. The number of nitrogens with zero attached hydrogens (tertiary/aromatic N) is 1. The van der Waals surface area contributed by atoms with Crippen LogP contribution in [0.25, 0.3) is 0 Å². The second-order valence-electron chi connectivity index (χ2n) is 4.56. The molecule has 1 amide bonds. The van der Waals surface area contributed by atoms with Gasteiger partial charge in [0.05, 0.1) is 11.1 Å². The largest absolute Gasteiger partial charge is 0.409 e. The van der Waals surface area contributed by atoms with Crippen LogP contribution in [-0.4, -0.2) is 22.5 Å². The lowest BCUT2D eigenvalue weighted by Crippen LogP contribution is -2.55. The molecule has 104 valence electrons. The molecular weight excluding hydrogens is 310 g/mol. The van der Waals surface area contributed by atoms with Crippen molar-refractivity contribution in [3.05, 3.63) is 33.8 Å². The van der Waals surface area contributed by atoms with Crippen LogP contribution in [0.15, 0.2) is 27.8 Å². The predicted octanol–water partition coefficient (Wildman–Crippen LogP) is 2.40. The maximum atomic E-state index is 12.3. The minimum absolute atomic E-state index is 0.0212. The lowest BCUT2D eigenvalue weighted by molar-refractivity contribution is 0.0924. The number of carbonyl (C=O) groups is 1. The molecule has 0 saturated heterocycles. The van der Waals surface area contributed by atoms with Crippen LogP contribution in [0.5, 0.6) is 0 Å². The van der Waals surface area contributed by atoms with Gasteiger partial charge in [-0.05, 0) is 47.8 Å². The van der Waals surface area contributed by atoms with E-state index >= 15 is 0 Å². The Labute approximate surface area is 121 Å². The summed E-state index contributed by atoms with van der Waals surface area (Å²) in [7, 11) is 0. The van der Waals surface area contributed by atoms with Crippen molar-refractivity contribution in [2.45, 2.75) is 32.7 Å². The van der Waals surface area contributed by atoms with E-state index in [1.54, 1.807) is 13.0 Å². The third-order valence-electron chi connectivity index (χ3n) is 3.21. The fraction of sp³-hybridized carbons (Fsp3) is 0.385. The Hall–Kier alpha value is -1.56. The van der Waals surface area contributed by atoms with E-state index in [1.165, 1.54) is 0 Å². The van der Waals surface area contributed by atoms with E-state index in [2.05, 4.69) is 26.4 Å². The third-order valence-corrected chi connectivity index (χ3v) is 4.26. The van der Waals surface area contributed by atoms with Crippen molar-refractivity contribution >= 4 is 27.7 Å². The highest BCUT2D eigenvalue weighted by atomic mass is 79.9. The zero-order valence-electron chi connectivity index (χ0n) is 11.2. The van der Waals surface area contributed by atoms with Gasteiger partial charge >= 0.3 is 0 Å². The van der Waals surface area contributed by atoms with E-state index in [-0.39, 0.29) is 11.7 Å². The molecule has 1 atom stereocenters. The van der Waals surface area contributed by atoms with Crippen LogP contribution >= 0.6 is 15.9 Å². The van der Waals surface area contributed by atoms with Gasteiger partial charge in [-0.1, -0.05) is 24.2 Å². The van der Waals surface area contributed by atoms with Gasteiger partial charge in [0, 0.05) is 4.47 Å². The Bertz CT molecular complexity index is 517. The number of aryl methyl sites for hydroxylation is 1. The molecule has 19 heavy (non-hydrogen) atoms. The van der Waals surface area contributed by atoms with Gasteiger partial charge in [0.25, 0.3) is 5.91 Å². The summed E-state index contributed by atoms with van der Waals surface area (Å²) in [4.78, 5) is 12.3. The van der Waals surface area contributed by atoms with E-state index in [1.807, 2.05) is 26.0 Å². The highest BCUT2D eigenvalue weighted by Gasteiger charge is 2.30. The minimum Gasteiger partial charge on any atom is -0.409 e. The average molecular weight is 328 g/mol. The second kappa shape index (κ2) is 6.06. The fourth-order valence-electron chi connectivity index (χ4n) is 1.58. The molecule has 0 aliphatic heterocycles. The standard InChI is InChI=1S/C13H18BrN3O2/c1-4-13(3,12(15)17-19)16-11(18)9-7-5-6-8(2)10(9)14/h5-7,19H,4H2,1-3H3,(H2,15,17)(H,16,18). The molecule has 5 nitrogen and oxygen atoms in total. The topological polar surface area (TPSA) is 87.7 Å². The first-order chi connectivity index (χ1) is 8.85. The van der Waals surface area contributed by atoms with Crippen LogP contribution < -0.4 is 11.1 Å². The first-order valence-electron chi connectivity index (χ1n) is 5.91. The molecule has 1 unspecified atom stereocenters. The highest BCUT2D eigenvalue weighted by Crippen LogP contribution is 2.22. The molecule has 0 aliphatic rings. The zero-order valence-corrected chi connectivity index (χ0v) is 12.8. The predicted molar refractivity (Wildman–Crippen MR) is 78.5 cm³/mol. The Kier molecular flexibility index (Phi) is 4.94. The van der Waals surface area contributed by atoms with E-state index in [0.717, 1.165) is 10.0 Å². The molecule has 0 radical (unpaired) electrons. The van der Waals surface area contributed by atoms with Gasteiger partial charge in [0.1, 0.15) is 0 Å². The maximum Gasteiger partial charge on any atom is 0.253 e. The van der Waals surface area contributed by atoms with Crippen molar-refractivity contribution in [2.24, 2.45) is 10.9 Å². The molecule has 0 aromatic heterocycles. The van der Waals surface area contributed by atoms with Crippen LogP contribution in [0.3, 0.4) is 0 Å².